The summed E-state index contributed by atoms with van der Waals surface area (Å²) in [5.74, 6) is 0.792. The van der Waals surface area contributed by atoms with E-state index in [1.165, 1.54) is 0 Å². The van der Waals surface area contributed by atoms with Crippen molar-refractivity contribution >= 4 is 17.7 Å². The smallest absolute Gasteiger partial charge is 0.235 e. The number of rotatable bonds is 3. The summed E-state index contributed by atoms with van der Waals surface area (Å²) in [7, 11) is 1.65. The molecule has 0 atom stereocenters. The molecule has 0 radical (unpaired) electrons. The van der Waals surface area contributed by atoms with Gasteiger partial charge in [-0.1, -0.05) is 32.4 Å². The lowest BCUT2D eigenvalue weighted by Crippen LogP contribution is -2.33. The highest BCUT2D eigenvalue weighted by Crippen LogP contribution is 2.51. The van der Waals surface area contributed by atoms with Gasteiger partial charge in [-0.05, 0) is 36.8 Å². The fraction of sp³-hybridized carbons (Fsp3) is 0.562. The zero-order valence-corrected chi connectivity index (χ0v) is 13.2. The van der Waals surface area contributed by atoms with Crippen LogP contribution in [0, 0.1) is 0 Å². The predicted octanol–water partition coefficient (Wildman–Crippen LogP) is 4.36. The van der Waals surface area contributed by atoms with Crippen LogP contribution in [0.25, 0.3) is 0 Å². The number of halogens is 1. The number of hydrogen-bond donors (Lipinski definition) is 0. The molecule has 1 aromatic rings. The molecule has 3 nitrogen and oxygen atoms in total. The monoisotopic (exact) mass is 293 g/mol. The van der Waals surface area contributed by atoms with Gasteiger partial charge in [0, 0.05) is 16.1 Å². The van der Waals surface area contributed by atoms with Gasteiger partial charge in [0.25, 0.3) is 0 Å². The Bertz CT molecular complexity index is 565. The van der Waals surface area contributed by atoms with Gasteiger partial charge in [-0.25, -0.2) is 4.79 Å². The minimum atomic E-state index is -0.502. The molecule has 0 N–H and O–H groups in total. The largest absolute Gasteiger partial charge is 0.496 e. The lowest BCUT2D eigenvalue weighted by Gasteiger charge is -2.39. The molecule has 1 aromatic carbocycles. The number of isocyanates is 1. The molecule has 0 amide bonds. The fourth-order valence-corrected chi connectivity index (χ4v) is 2.97. The third-order valence-corrected chi connectivity index (χ3v) is 4.23. The molecule has 20 heavy (non-hydrogen) atoms. The zero-order chi connectivity index (χ0) is 15.0. The lowest BCUT2D eigenvalue weighted by molar-refractivity contribution is 0.244. The Balaban J connectivity index is 2.70. The summed E-state index contributed by atoms with van der Waals surface area (Å²) in [5.41, 5.74) is 1.35. The summed E-state index contributed by atoms with van der Waals surface area (Å²) in [6.45, 7) is 6.34. The van der Waals surface area contributed by atoms with Gasteiger partial charge in [0.2, 0.25) is 6.08 Å². The number of methoxy groups -OCH3 is 1. The minimum Gasteiger partial charge on any atom is -0.496 e. The van der Waals surface area contributed by atoms with E-state index in [2.05, 4.69) is 25.8 Å². The van der Waals surface area contributed by atoms with E-state index in [1.54, 1.807) is 13.2 Å². The van der Waals surface area contributed by atoms with Crippen molar-refractivity contribution in [2.45, 2.75) is 51.0 Å². The molecule has 0 aromatic heterocycles. The van der Waals surface area contributed by atoms with Crippen molar-refractivity contribution in [3.05, 3.63) is 28.3 Å². The molecular weight excluding hydrogens is 274 g/mol. The highest BCUT2D eigenvalue weighted by atomic mass is 35.5. The summed E-state index contributed by atoms with van der Waals surface area (Å²) in [6, 6.07) is 3.80. The van der Waals surface area contributed by atoms with Crippen LogP contribution in [0.2, 0.25) is 5.02 Å². The molecular formula is C16H20ClNO2. The summed E-state index contributed by atoms with van der Waals surface area (Å²) >= 11 is 6.28. The van der Waals surface area contributed by atoms with Gasteiger partial charge in [0.15, 0.2) is 0 Å². The SMILES string of the molecule is COc1c(C(C)(C)C)cc(Cl)cc1C1(N=C=O)CCC1. The second-order valence-electron chi connectivity index (χ2n) is 6.37. The first-order chi connectivity index (χ1) is 9.34. The number of carbonyl (C=O) groups excluding carboxylic acids is 1. The van der Waals surface area contributed by atoms with Crippen LogP contribution in [-0.4, -0.2) is 13.2 Å². The van der Waals surface area contributed by atoms with Crippen LogP contribution >= 0.6 is 11.6 Å². The van der Waals surface area contributed by atoms with Crippen LogP contribution in [0.4, 0.5) is 0 Å². The highest BCUT2D eigenvalue weighted by molar-refractivity contribution is 6.30. The van der Waals surface area contributed by atoms with E-state index in [1.807, 2.05) is 12.1 Å². The van der Waals surface area contributed by atoms with Crippen molar-refractivity contribution in [1.29, 1.82) is 0 Å². The van der Waals surface area contributed by atoms with E-state index in [0.29, 0.717) is 5.02 Å². The minimum absolute atomic E-state index is 0.0964. The first kappa shape index (κ1) is 15.1. The maximum Gasteiger partial charge on any atom is 0.235 e. The summed E-state index contributed by atoms with van der Waals surface area (Å²) in [6.07, 6.45) is 4.43. The average Bonchev–Trinajstić information content (AvgIpc) is 2.31. The Labute approximate surface area is 125 Å². The zero-order valence-electron chi connectivity index (χ0n) is 12.4. The molecule has 0 unspecified atom stereocenters. The first-order valence-electron chi connectivity index (χ1n) is 6.81. The fourth-order valence-electron chi connectivity index (χ4n) is 2.76. The topological polar surface area (TPSA) is 38.7 Å². The molecule has 0 spiro atoms. The van der Waals surface area contributed by atoms with Gasteiger partial charge in [0.05, 0.1) is 7.11 Å². The van der Waals surface area contributed by atoms with E-state index in [-0.39, 0.29) is 5.41 Å². The van der Waals surface area contributed by atoms with Crippen molar-refractivity contribution in [2.24, 2.45) is 4.99 Å². The van der Waals surface area contributed by atoms with E-state index >= 15 is 0 Å². The Hall–Kier alpha value is -1.31. The molecule has 1 saturated carbocycles. The van der Waals surface area contributed by atoms with Crippen LogP contribution in [-0.2, 0) is 15.7 Å². The van der Waals surface area contributed by atoms with E-state index in [9.17, 15) is 4.79 Å². The van der Waals surface area contributed by atoms with Crippen LogP contribution in [0.5, 0.6) is 5.75 Å². The van der Waals surface area contributed by atoms with Crippen molar-refractivity contribution in [3.8, 4) is 5.75 Å². The van der Waals surface area contributed by atoms with Crippen LogP contribution in [0.15, 0.2) is 17.1 Å². The second-order valence-corrected chi connectivity index (χ2v) is 6.81. The van der Waals surface area contributed by atoms with E-state index < -0.39 is 5.54 Å². The molecule has 1 aliphatic rings. The summed E-state index contributed by atoms with van der Waals surface area (Å²) < 4.78 is 5.64. The van der Waals surface area contributed by atoms with Gasteiger partial charge in [0.1, 0.15) is 11.3 Å². The van der Waals surface area contributed by atoms with E-state index in [4.69, 9.17) is 16.3 Å². The van der Waals surface area contributed by atoms with Gasteiger partial charge in [-0.2, -0.15) is 4.99 Å². The van der Waals surface area contributed by atoms with Crippen molar-refractivity contribution in [2.75, 3.05) is 7.11 Å². The van der Waals surface area contributed by atoms with Gasteiger partial charge in [-0.3, -0.25) is 0 Å². The molecule has 2 rings (SSSR count). The molecule has 0 saturated heterocycles. The van der Waals surface area contributed by atoms with Crippen molar-refractivity contribution in [1.82, 2.24) is 0 Å². The molecule has 108 valence electrons. The normalized spacial score (nSPS) is 17.1. The van der Waals surface area contributed by atoms with Gasteiger partial charge < -0.3 is 4.74 Å². The third-order valence-electron chi connectivity index (χ3n) is 4.01. The average molecular weight is 294 g/mol. The van der Waals surface area contributed by atoms with Crippen molar-refractivity contribution < 1.29 is 9.53 Å². The molecule has 0 bridgehead atoms. The molecule has 0 aliphatic heterocycles. The molecule has 0 heterocycles. The van der Waals surface area contributed by atoms with Crippen molar-refractivity contribution in [3.63, 3.8) is 0 Å². The van der Waals surface area contributed by atoms with Crippen LogP contribution < -0.4 is 4.74 Å². The Morgan fingerprint density at radius 3 is 2.40 bits per heavy atom. The van der Waals surface area contributed by atoms with E-state index in [0.717, 1.165) is 36.1 Å². The highest BCUT2D eigenvalue weighted by Gasteiger charge is 2.42. The van der Waals surface area contributed by atoms with Crippen LogP contribution in [0.1, 0.15) is 51.2 Å². The second kappa shape index (κ2) is 5.23. The quantitative estimate of drug-likeness (QED) is 0.613. The lowest BCUT2D eigenvalue weighted by atomic mass is 9.70. The van der Waals surface area contributed by atoms with Crippen LogP contribution in [0.3, 0.4) is 0 Å². The maximum atomic E-state index is 10.8. The van der Waals surface area contributed by atoms with Gasteiger partial charge in [-0.15, -0.1) is 0 Å². The number of nitrogens with zero attached hydrogens (tertiary/aromatic N) is 1. The Morgan fingerprint density at radius 1 is 1.35 bits per heavy atom. The molecule has 1 fully saturated rings. The number of ether oxygens (including phenoxy) is 1. The number of benzene rings is 1. The number of aliphatic imine (C=N–C) groups is 1. The number of hydrogen-bond acceptors (Lipinski definition) is 3. The predicted molar refractivity (Wildman–Crippen MR) is 80.4 cm³/mol. The summed E-state index contributed by atoms with van der Waals surface area (Å²) in [4.78, 5) is 14.8. The Morgan fingerprint density at radius 2 is 2.00 bits per heavy atom. The maximum absolute atomic E-state index is 10.8. The summed E-state index contributed by atoms with van der Waals surface area (Å²) in [5, 5.41) is 0.651. The van der Waals surface area contributed by atoms with Gasteiger partial charge >= 0.3 is 0 Å². The first-order valence-corrected chi connectivity index (χ1v) is 7.19. The third kappa shape index (κ3) is 2.48. The molecule has 1 aliphatic carbocycles. The molecule has 4 heteroatoms. The Kier molecular flexibility index (Phi) is 3.95. The standard InChI is InChI=1S/C16H20ClNO2/c1-15(2,3)12-8-11(17)9-13(14(12)20-4)16(18-10-19)6-5-7-16/h8-9H,5-7H2,1-4H3.